The van der Waals surface area contributed by atoms with Crippen LogP contribution in [-0.2, 0) is 22.2 Å². The average molecular weight is 1120 g/mol. The number of anilines is 2. The molecule has 4 aromatic heterocycles. The first-order valence-electron chi connectivity index (χ1n) is 20.7. The van der Waals surface area contributed by atoms with E-state index in [2.05, 4.69) is 41.4 Å². The van der Waals surface area contributed by atoms with Gasteiger partial charge in [0.2, 0.25) is 0 Å². The second kappa shape index (κ2) is 20.2. The zero-order valence-electron chi connectivity index (χ0n) is 37.5. The third-order valence-corrected chi connectivity index (χ3v) is 15.5. The molecule has 0 spiro atoms. The summed E-state index contributed by atoms with van der Waals surface area (Å²) in [4.78, 5) is 60.5. The van der Waals surface area contributed by atoms with Crippen molar-refractivity contribution in [3.05, 3.63) is 138 Å². The van der Waals surface area contributed by atoms with Gasteiger partial charge < -0.3 is 21.3 Å². The number of carbonyl (C=O) groups is 4. The van der Waals surface area contributed by atoms with Crippen LogP contribution in [0.2, 0.25) is 20.1 Å². The van der Waals surface area contributed by atoms with Crippen molar-refractivity contribution >= 4 is 103 Å². The average Bonchev–Trinajstić information content (AvgIpc) is 3.92. The van der Waals surface area contributed by atoms with Crippen molar-refractivity contribution < 1.29 is 53.9 Å². The van der Waals surface area contributed by atoms with Crippen molar-refractivity contribution in [3.63, 3.8) is 0 Å². The molecule has 6 aromatic rings. The van der Waals surface area contributed by atoms with Crippen LogP contribution in [0.1, 0.15) is 78.1 Å². The van der Waals surface area contributed by atoms with Gasteiger partial charge in [0, 0.05) is 46.1 Å². The van der Waals surface area contributed by atoms with E-state index in [0.717, 1.165) is 16.2 Å². The van der Waals surface area contributed by atoms with Crippen LogP contribution in [0.3, 0.4) is 0 Å². The summed E-state index contributed by atoms with van der Waals surface area (Å²) in [7, 11) is -3.27. The van der Waals surface area contributed by atoms with Gasteiger partial charge in [-0.3, -0.25) is 19.2 Å². The maximum atomic E-state index is 13.4. The summed E-state index contributed by atoms with van der Waals surface area (Å²) in [6, 6.07) is 12.5. The van der Waals surface area contributed by atoms with Gasteiger partial charge in [0.15, 0.2) is 32.9 Å². The molecule has 0 bridgehead atoms. The SMILES string of the molecule is Cc1cc(Cl)cc(C(=O)NC2(C)CS(=O)(=O)C2)c1NC(=O)c1cc(C(F)(F)F)nn1-c1ncccc1Cl.Cc1cc(Cl)cc(C(=O)NC2(C)CSC2)c1NC(=O)c1cc(C(F)(F)F)nn1-c1ncccc1Cl. The van der Waals surface area contributed by atoms with Crippen LogP contribution in [0.4, 0.5) is 37.7 Å². The zero-order chi connectivity index (χ0) is 52.9. The zero-order valence-corrected chi connectivity index (χ0v) is 42.1. The van der Waals surface area contributed by atoms with Gasteiger partial charge in [-0.2, -0.15) is 48.3 Å². The van der Waals surface area contributed by atoms with Crippen molar-refractivity contribution in [1.82, 2.24) is 40.2 Å². The van der Waals surface area contributed by atoms with E-state index in [0.29, 0.717) is 27.9 Å². The van der Waals surface area contributed by atoms with E-state index >= 15 is 0 Å². The van der Waals surface area contributed by atoms with Crippen molar-refractivity contribution in [2.75, 3.05) is 33.6 Å². The number of halogens is 10. The quantitative estimate of drug-likeness (QED) is 0.0949. The highest BCUT2D eigenvalue weighted by Gasteiger charge is 2.46. The third kappa shape index (κ3) is 11.9. The summed E-state index contributed by atoms with van der Waals surface area (Å²) in [5, 5.41) is 17.9. The molecule has 0 unspecified atom stereocenters. The van der Waals surface area contributed by atoms with Gasteiger partial charge >= 0.3 is 12.4 Å². The maximum Gasteiger partial charge on any atom is 0.435 e. The highest BCUT2D eigenvalue weighted by molar-refractivity contribution is 8.00. The van der Waals surface area contributed by atoms with E-state index in [-0.39, 0.29) is 65.7 Å². The number of aromatic nitrogens is 6. The fourth-order valence-electron chi connectivity index (χ4n) is 7.45. The molecule has 0 radical (unpaired) electrons. The first kappa shape index (κ1) is 53.9. The summed E-state index contributed by atoms with van der Waals surface area (Å²) in [6.07, 6.45) is -7.12. The number of rotatable bonds is 10. The Bertz CT molecular complexity index is 3280. The Labute approximate surface area is 429 Å². The normalized spacial score (nSPS) is 15.5. The Balaban J connectivity index is 0.000000212. The highest BCUT2D eigenvalue weighted by atomic mass is 35.5. The summed E-state index contributed by atoms with van der Waals surface area (Å²) < 4.78 is 105. The molecule has 28 heteroatoms. The molecule has 2 aliphatic rings. The molecule has 0 atom stereocenters. The van der Waals surface area contributed by atoms with Gasteiger partial charge in [-0.15, -0.1) is 0 Å². The molecule has 16 nitrogen and oxygen atoms in total. The lowest BCUT2D eigenvalue weighted by molar-refractivity contribution is -0.142. The summed E-state index contributed by atoms with van der Waals surface area (Å²) in [6.45, 7) is 6.59. The molecule has 6 heterocycles. The second-order valence-electron chi connectivity index (χ2n) is 17.0. The number of alkyl halides is 6. The van der Waals surface area contributed by atoms with Crippen molar-refractivity contribution in [3.8, 4) is 11.6 Å². The minimum Gasteiger partial charge on any atom is -0.345 e. The molecule has 2 aliphatic heterocycles. The number of aryl methyl sites for hydroxylation is 2. The Hall–Kier alpha value is -5.92. The lowest BCUT2D eigenvalue weighted by atomic mass is 10.0. The molecule has 4 amide bonds. The van der Waals surface area contributed by atoms with Crippen LogP contribution in [0.25, 0.3) is 11.6 Å². The molecule has 380 valence electrons. The molecule has 2 fully saturated rings. The number of carbonyl (C=O) groups excluding carboxylic acids is 4. The smallest absolute Gasteiger partial charge is 0.345 e. The van der Waals surface area contributed by atoms with Crippen LogP contribution in [0.5, 0.6) is 0 Å². The fourth-order valence-corrected chi connectivity index (χ4v) is 11.4. The van der Waals surface area contributed by atoms with Crippen molar-refractivity contribution in [2.45, 2.75) is 51.1 Å². The lowest BCUT2D eigenvalue weighted by Crippen LogP contribution is -2.63. The van der Waals surface area contributed by atoms with Gasteiger partial charge in [-0.05, 0) is 87.4 Å². The number of thioether (sulfide) groups is 1. The van der Waals surface area contributed by atoms with Crippen LogP contribution in [0, 0.1) is 13.8 Å². The summed E-state index contributed by atoms with van der Waals surface area (Å²) in [5.74, 6) is -2.63. The van der Waals surface area contributed by atoms with E-state index in [4.69, 9.17) is 46.4 Å². The standard InChI is InChI=1S/C22H18Cl2F3N5O4S.C22H18Cl2F3N5O2S/c1-11-6-12(23)7-13(19(33)30-21(2)9-37(35,36)10-21)17(11)29-20(34)15-8-16(22(25,26)27)31-32(15)18-14(24)4-3-5-28-18;1-11-6-12(23)7-13(19(33)30-21(2)9-35-10-21)17(11)29-20(34)15-8-16(22(25,26)27)31-32(15)18-14(24)4-3-5-28-18/h3-8H,9-10H2,1-2H3,(H,29,34)(H,30,33);3-8H,9-10H2,1-2H3,(H,29,34)(H,30,33). The van der Waals surface area contributed by atoms with E-state index in [1.165, 1.54) is 67.8 Å². The van der Waals surface area contributed by atoms with Crippen molar-refractivity contribution in [2.24, 2.45) is 0 Å². The van der Waals surface area contributed by atoms with Crippen LogP contribution < -0.4 is 21.3 Å². The maximum absolute atomic E-state index is 13.4. The van der Waals surface area contributed by atoms with Gasteiger partial charge in [-0.25, -0.2) is 27.7 Å². The molecule has 2 saturated heterocycles. The van der Waals surface area contributed by atoms with E-state index in [1.54, 1.807) is 25.6 Å². The predicted molar refractivity (Wildman–Crippen MR) is 259 cm³/mol. The summed E-state index contributed by atoms with van der Waals surface area (Å²) >= 11 is 26.1. The Morgan fingerprint density at radius 3 is 1.35 bits per heavy atom. The Morgan fingerprint density at radius 1 is 0.625 bits per heavy atom. The molecule has 2 aromatic carbocycles. The first-order valence-corrected chi connectivity index (χ1v) is 25.2. The van der Waals surface area contributed by atoms with E-state index in [9.17, 15) is 53.9 Å². The molecule has 72 heavy (non-hydrogen) atoms. The van der Waals surface area contributed by atoms with Crippen LogP contribution in [0.15, 0.2) is 73.1 Å². The Kier molecular flexibility index (Phi) is 15.1. The predicted octanol–water partition coefficient (Wildman–Crippen LogP) is 9.46. The molecule has 0 aliphatic carbocycles. The monoisotopic (exact) mass is 1120 g/mol. The number of sulfone groups is 1. The molecular formula is C44H36Cl4F6N10O6S2. The van der Waals surface area contributed by atoms with Crippen molar-refractivity contribution in [1.29, 1.82) is 0 Å². The van der Waals surface area contributed by atoms with Gasteiger partial charge in [0.05, 0.1) is 55.1 Å². The number of nitrogens with one attached hydrogen (secondary N) is 4. The fraction of sp³-hybridized carbons (Fsp3) is 0.273. The third-order valence-electron chi connectivity index (χ3n) is 10.7. The Morgan fingerprint density at radius 2 is 1.01 bits per heavy atom. The summed E-state index contributed by atoms with van der Waals surface area (Å²) in [5.41, 5.74) is -4.29. The molecule has 4 N–H and O–H groups in total. The number of hydrogen-bond donors (Lipinski definition) is 4. The number of benzene rings is 2. The molecule has 0 saturated carbocycles. The lowest BCUT2D eigenvalue weighted by Gasteiger charge is -2.38. The second-order valence-corrected chi connectivity index (χ2v) is 21.8. The number of pyridine rings is 2. The van der Waals surface area contributed by atoms with E-state index < -0.39 is 79.7 Å². The van der Waals surface area contributed by atoms with Gasteiger partial charge in [0.1, 0.15) is 11.4 Å². The van der Waals surface area contributed by atoms with E-state index in [1.807, 2.05) is 6.92 Å². The van der Waals surface area contributed by atoms with Gasteiger partial charge in [-0.1, -0.05) is 46.4 Å². The van der Waals surface area contributed by atoms with Gasteiger partial charge in [0.25, 0.3) is 23.6 Å². The number of nitrogens with zero attached hydrogens (tertiary/aromatic N) is 6. The molecular weight excluding hydrogens is 1080 g/mol. The minimum atomic E-state index is -4.87. The number of amides is 4. The van der Waals surface area contributed by atoms with Crippen LogP contribution in [-0.4, -0.2) is 95.7 Å². The number of hydrogen-bond acceptors (Lipinski definition) is 11. The topological polar surface area (TPSA) is 212 Å². The minimum absolute atomic E-state index is 0.00673. The molecule has 8 rings (SSSR count). The van der Waals surface area contributed by atoms with Crippen LogP contribution >= 0.6 is 58.2 Å². The highest BCUT2D eigenvalue weighted by Crippen LogP contribution is 2.36. The largest absolute Gasteiger partial charge is 0.435 e. The first-order chi connectivity index (χ1) is 33.5.